The molecule has 0 unspecified atom stereocenters. The number of anilines is 4. The highest BCUT2D eigenvalue weighted by Gasteiger charge is 2.10. The van der Waals surface area contributed by atoms with E-state index >= 15 is 0 Å². The van der Waals surface area contributed by atoms with Gasteiger partial charge in [0.2, 0.25) is 0 Å². The summed E-state index contributed by atoms with van der Waals surface area (Å²) < 4.78 is 0. The highest BCUT2D eigenvalue weighted by Crippen LogP contribution is 2.25. The number of benzene rings is 2. The van der Waals surface area contributed by atoms with E-state index in [1.807, 2.05) is 42.5 Å². The van der Waals surface area contributed by atoms with Crippen molar-refractivity contribution in [3.63, 3.8) is 0 Å². The number of carbonyl (C=O) groups excluding carboxylic acids is 1. The van der Waals surface area contributed by atoms with Crippen molar-refractivity contribution in [2.24, 2.45) is 0 Å². The number of carbonyl (C=O) groups is 1. The molecule has 0 amide bonds. The summed E-state index contributed by atoms with van der Waals surface area (Å²) >= 11 is 0. The quantitative estimate of drug-likeness (QED) is 0.670. The number of rotatable bonds is 6. The molecule has 0 aliphatic heterocycles. The Balaban J connectivity index is 1.86. The fourth-order valence-corrected chi connectivity index (χ4v) is 2.61. The van der Waals surface area contributed by atoms with Crippen LogP contribution in [0.3, 0.4) is 0 Å². The van der Waals surface area contributed by atoms with Crippen LogP contribution in [0.2, 0.25) is 0 Å². The highest BCUT2D eigenvalue weighted by atomic mass is 16.1. The molecule has 1 aromatic heterocycles. The molecule has 5 nitrogen and oxygen atoms in total. The average Bonchev–Trinajstić information content (AvgIpc) is 2.64. The summed E-state index contributed by atoms with van der Waals surface area (Å²) in [6.45, 7) is 4.43. The highest BCUT2D eigenvalue weighted by molar-refractivity contribution is 5.95. The monoisotopic (exact) mass is 332 g/mol. The Kier molecular flexibility index (Phi) is 5.04. The van der Waals surface area contributed by atoms with Gasteiger partial charge >= 0.3 is 0 Å². The summed E-state index contributed by atoms with van der Waals surface area (Å²) in [5, 5.41) is 3.24. The van der Waals surface area contributed by atoms with Crippen molar-refractivity contribution in [1.29, 1.82) is 0 Å². The summed E-state index contributed by atoms with van der Waals surface area (Å²) in [5.41, 5.74) is 2.56. The Labute approximate surface area is 147 Å². The molecular formula is C20H20N4O. The minimum Gasteiger partial charge on any atom is -0.340 e. The second-order valence-electron chi connectivity index (χ2n) is 5.60. The van der Waals surface area contributed by atoms with Crippen LogP contribution in [-0.2, 0) is 0 Å². The predicted octanol–water partition coefficient (Wildman–Crippen LogP) is 4.58. The van der Waals surface area contributed by atoms with E-state index in [-0.39, 0.29) is 5.78 Å². The molecule has 0 atom stereocenters. The minimum absolute atomic E-state index is 0.0354. The molecule has 0 aliphatic rings. The molecule has 1 N–H and O–H groups in total. The SMILES string of the molecule is CCN(c1ccccc1)c1cc(Nc2cccc(C(C)=O)c2)ncn1. The first kappa shape index (κ1) is 16.6. The average molecular weight is 332 g/mol. The number of nitrogens with one attached hydrogen (secondary N) is 1. The van der Waals surface area contributed by atoms with Gasteiger partial charge in [-0.2, -0.15) is 0 Å². The van der Waals surface area contributed by atoms with Gasteiger partial charge < -0.3 is 10.2 Å². The third-order valence-electron chi connectivity index (χ3n) is 3.85. The lowest BCUT2D eigenvalue weighted by Gasteiger charge is -2.22. The summed E-state index contributed by atoms with van der Waals surface area (Å²) in [6.07, 6.45) is 1.54. The van der Waals surface area contributed by atoms with Crippen LogP contribution in [0.1, 0.15) is 24.2 Å². The Bertz CT molecular complexity index is 864. The third kappa shape index (κ3) is 4.01. The van der Waals surface area contributed by atoms with E-state index in [9.17, 15) is 4.79 Å². The molecule has 0 bridgehead atoms. The number of hydrogen-bond donors (Lipinski definition) is 1. The fraction of sp³-hybridized carbons (Fsp3) is 0.150. The number of nitrogens with zero attached hydrogens (tertiary/aromatic N) is 3. The third-order valence-corrected chi connectivity index (χ3v) is 3.85. The Morgan fingerprint density at radius 3 is 2.56 bits per heavy atom. The number of ketones is 1. The lowest BCUT2D eigenvalue weighted by atomic mass is 10.1. The normalized spacial score (nSPS) is 10.3. The number of Topliss-reactive ketones (excluding diaryl/α,β-unsaturated/α-hetero) is 1. The fourth-order valence-electron chi connectivity index (χ4n) is 2.61. The molecule has 0 saturated heterocycles. The van der Waals surface area contributed by atoms with Crippen LogP contribution in [-0.4, -0.2) is 22.3 Å². The van der Waals surface area contributed by atoms with Crippen LogP contribution in [0.15, 0.2) is 67.0 Å². The van der Waals surface area contributed by atoms with Gasteiger partial charge in [-0.25, -0.2) is 9.97 Å². The van der Waals surface area contributed by atoms with Crippen molar-refractivity contribution < 1.29 is 4.79 Å². The number of aromatic nitrogens is 2. The summed E-state index contributed by atoms with van der Waals surface area (Å²) in [4.78, 5) is 22.3. The van der Waals surface area contributed by atoms with Crippen LogP contribution in [0.4, 0.5) is 23.0 Å². The van der Waals surface area contributed by atoms with E-state index in [0.717, 1.165) is 23.7 Å². The van der Waals surface area contributed by atoms with Crippen LogP contribution in [0.5, 0.6) is 0 Å². The maximum absolute atomic E-state index is 11.5. The molecule has 0 spiro atoms. The number of hydrogen-bond acceptors (Lipinski definition) is 5. The Hall–Kier alpha value is -3.21. The van der Waals surface area contributed by atoms with Gasteiger partial charge in [0.15, 0.2) is 5.78 Å². The zero-order valence-corrected chi connectivity index (χ0v) is 14.3. The van der Waals surface area contributed by atoms with Crippen molar-refractivity contribution in [3.05, 3.63) is 72.6 Å². The van der Waals surface area contributed by atoms with E-state index in [1.54, 1.807) is 13.0 Å². The van der Waals surface area contributed by atoms with Crippen molar-refractivity contribution >= 4 is 28.8 Å². The minimum atomic E-state index is 0.0354. The molecule has 0 aliphatic carbocycles. The molecular weight excluding hydrogens is 312 g/mol. The van der Waals surface area contributed by atoms with E-state index in [4.69, 9.17) is 0 Å². The molecule has 0 fully saturated rings. The Morgan fingerprint density at radius 1 is 1.04 bits per heavy atom. The van der Waals surface area contributed by atoms with Crippen LogP contribution >= 0.6 is 0 Å². The van der Waals surface area contributed by atoms with E-state index in [0.29, 0.717) is 11.4 Å². The molecule has 1 heterocycles. The molecule has 3 aromatic rings. The van der Waals surface area contributed by atoms with Crippen LogP contribution in [0, 0.1) is 0 Å². The Morgan fingerprint density at radius 2 is 1.84 bits per heavy atom. The topological polar surface area (TPSA) is 58.1 Å². The first-order valence-corrected chi connectivity index (χ1v) is 8.20. The van der Waals surface area contributed by atoms with Gasteiger partial charge in [0.25, 0.3) is 0 Å². The maximum atomic E-state index is 11.5. The summed E-state index contributed by atoms with van der Waals surface area (Å²) in [7, 11) is 0. The maximum Gasteiger partial charge on any atom is 0.159 e. The zero-order valence-electron chi connectivity index (χ0n) is 14.3. The number of para-hydroxylation sites is 1. The van der Waals surface area contributed by atoms with E-state index in [2.05, 4.69) is 39.2 Å². The standard InChI is InChI=1S/C20H20N4O/c1-3-24(18-10-5-4-6-11-18)20-13-19(21-14-22-20)23-17-9-7-8-16(12-17)15(2)25/h4-14H,3H2,1-2H3,(H,21,22,23). The molecule has 0 saturated carbocycles. The smallest absolute Gasteiger partial charge is 0.159 e. The summed E-state index contributed by atoms with van der Waals surface area (Å²) in [6, 6.07) is 19.4. The van der Waals surface area contributed by atoms with Gasteiger partial charge in [-0.3, -0.25) is 4.79 Å². The van der Waals surface area contributed by atoms with Gasteiger partial charge in [-0.15, -0.1) is 0 Å². The largest absolute Gasteiger partial charge is 0.340 e. The second-order valence-corrected chi connectivity index (χ2v) is 5.60. The molecule has 3 rings (SSSR count). The van der Waals surface area contributed by atoms with Gasteiger partial charge in [-0.1, -0.05) is 30.3 Å². The molecule has 5 heteroatoms. The first-order chi connectivity index (χ1) is 12.2. The van der Waals surface area contributed by atoms with E-state index < -0.39 is 0 Å². The van der Waals surface area contributed by atoms with Gasteiger partial charge in [0.1, 0.15) is 18.0 Å². The van der Waals surface area contributed by atoms with Crippen LogP contribution in [0.25, 0.3) is 0 Å². The van der Waals surface area contributed by atoms with Gasteiger partial charge in [0, 0.05) is 29.5 Å². The van der Waals surface area contributed by atoms with Crippen molar-refractivity contribution in [2.75, 3.05) is 16.8 Å². The predicted molar refractivity (Wildman–Crippen MR) is 101 cm³/mol. The zero-order chi connectivity index (χ0) is 17.6. The van der Waals surface area contributed by atoms with Crippen molar-refractivity contribution in [2.45, 2.75) is 13.8 Å². The van der Waals surface area contributed by atoms with Crippen LogP contribution < -0.4 is 10.2 Å². The van der Waals surface area contributed by atoms with Gasteiger partial charge in [0.05, 0.1) is 0 Å². The molecule has 25 heavy (non-hydrogen) atoms. The molecule has 126 valence electrons. The molecule has 0 radical (unpaired) electrons. The molecule has 2 aromatic carbocycles. The lowest BCUT2D eigenvalue weighted by Crippen LogP contribution is -2.17. The first-order valence-electron chi connectivity index (χ1n) is 8.20. The summed E-state index contributed by atoms with van der Waals surface area (Å²) in [5.74, 6) is 1.53. The van der Waals surface area contributed by atoms with Crippen molar-refractivity contribution in [3.8, 4) is 0 Å². The second kappa shape index (κ2) is 7.57. The van der Waals surface area contributed by atoms with Gasteiger partial charge in [-0.05, 0) is 38.1 Å². The van der Waals surface area contributed by atoms with E-state index in [1.165, 1.54) is 6.33 Å². The van der Waals surface area contributed by atoms with Crippen molar-refractivity contribution in [1.82, 2.24) is 9.97 Å². The lowest BCUT2D eigenvalue weighted by molar-refractivity contribution is 0.101.